The second-order valence-electron chi connectivity index (χ2n) is 9.17. The zero-order chi connectivity index (χ0) is 22.7. The zero-order valence-electron chi connectivity index (χ0n) is 18.7. The fraction of sp³-hybridized carbons (Fsp3) is 0.222. The maximum Gasteiger partial charge on any atom is 0.165 e. The third-order valence-corrected chi connectivity index (χ3v) is 6.81. The summed E-state index contributed by atoms with van der Waals surface area (Å²) >= 11 is 0. The van der Waals surface area contributed by atoms with E-state index in [1.165, 1.54) is 0 Å². The lowest BCUT2D eigenvalue weighted by molar-refractivity contribution is 0.0209. The van der Waals surface area contributed by atoms with Gasteiger partial charge in [0.1, 0.15) is 0 Å². The van der Waals surface area contributed by atoms with Gasteiger partial charge in [-0.2, -0.15) is 9.61 Å². The molecule has 0 saturated heterocycles. The van der Waals surface area contributed by atoms with Crippen molar-refractivity contribution in [2.45, 2.75) is 38.3 Å². The molecular formula is C27H25N5O. The predicted molar refractivity (Wildman–Crippen MR) is 130 cm³/mol. The monoisotopic (exact) mass is 435 g/mol. The summed E-state index contributed by atoms with van der Waals surface area (Å²) in [4.78, 5) is 9.77. The molecule has 6 nitrogen and oxygen atoms in total. The lowest BCUT2D eigenvalue weighted by atomic mass is 9.70. The summed E-state index contributed by atoms with van der Waals surface area (Å²) in [6, 6.07) is 20.6. The number of aliphatic hydroxyl groups excluding tert-OH is 1. The molecule has 33 heavy (non-hydrogen) atoms. The van der Waals surface area contributed by atoms with E-state index in [0.29, 0.717) is 12.8 Å². The van der Waals surface area contributed by atoms with Gasteiger partial charge in [-0.15, -0.1) is 0 Å². The fourth-order valence-corrected chi connectivity index (χ4v) is 5.03. The topological polar surface area (TPSA) is 89.3 Å². The molecule has 0 amide bonds. The third kappa shape index (κ3) is 3.14. The van der Waals surface area contributed by atoms with Crippen LogP contribution in [0.15, 0.2) is 66.9 Å². The Balaban J connectivity index is 1.60. The van der Waals surface area contributed by atoms with Gasteiger partial charge in [0, 0.05) is 34.3 Å². The minimum absolute atomic E-state index is 0.308. The van der Waals surface area contributed by atoms with Crippen LogP contribution in [0, 0.1) is 13.8 Å². The van der Waals surface area contributed by atoms with Gasteiger partial charge >= 0.3 is 0 Å². The van der Waals surface area contributed by atoms with Gasteiger partial charge in [0.25, 0.3) is 0 Å². The molecule has 0 radical (unpaired) electrons. The zero-order valence-corrected chi connectivity index (χ0v) is 18.7. The molecule has 0 atom stereocenters. The van der Waals surface area contributed by atoms with Gasteiger partial charge in [-0.1, -0.05) is 54.6 Å². The Bertz CT molecular complexity index is 1500. The highest BCUT2D eigenvalue weighted by molar-refractivity contribution is 5.94. The highest BCUT2D eigenvalue weighted by atomic mass is 16.3. The average molecular weight is 436 g/mol. The summed E-state index contributed by atoms with van der Waals surface area (Å²) in [6.07, 6.45) is 2.78. The van der Waals surface area contributed by atoms with Crippen molar-refractivity contribution in [3.8, 4) is 22.4 Å². The second kappa shape index (κ2) is 7.20. The number of hydrogen-bond acceptors (Lipinski definition) is 5. The molecule has 3 heterocycles. The Morgan fingerprint density at radius 3 is 2.42 bits per heavy atom. The molecule has 1 aliphatic rings. The van der Waals surface area contributed by atoms with Crippen molar-refractivity contribution < 1.29 is 5.11 Å². The van der Waals surface area contributed by atoms with Gasteiger partial charge in [0.05, 0.1) is 17.5 Å². The summed E-state index contributed by atoms with van der Waals surface area (Å²) in [6.45, 7) is 4.09. The number of nitrogens with zero attached hydrogens (tertiary/aromatic N) is 4. The molecule has 1 fully saturated rings. The maximum atomic E-state index is 9.76. The normalized spacial score (nSPS) is 20.3. The fourth-order valence-electron chi connectivity index (χ4n) is 5.03. The summed E-state index contributed by atoms with van der Waals surface area (Å²) in [7, 11) is 0. The Labute approximate surface area is 191 Å². The van der Waals surface area contributed by atoms with E-state index < -0.39 is 5.54 Å². The number of hydrogen-bond donors (Lipinski definition) is 2. The standard InChI is InChI=1S/C27H25N5O/c1-16-12-23-29-15-22-17(2)24(18-6-4-3-5-7-18)25(30-26(22)32(23)31-16)19-8-10-20(11-9-19)27(28)13-21(33)14-27/h3-12,15,21,33H,13-14,28H2,1-2H3. The summed E-state index contributed by atoms with van der Waals surface area (Å²) < 4.78 is 1.83. The molecule has 3 N–H and O–H groups in total. The van der Waals surface area contributed by atoms with Gasteiger partial charge in [0.15, 0.2) is 11.3 Å². The van der Waals surface area contributed by atoms with E-state index in [2.05, 4.69) is 53.4 Å². The van der Waals surface area contributed by atoms with Crippen molar-refractivity contribution in [2.24, 2.45) is 5.73 Å². The molecule has 1 saturated carbocycles. The Morgan fingerprint density at radius 1 is 1.00 bits per heavy atom. The number of aliphatic hydroxyl groups is 1. The largest absolute Gasteiger partial charge is 0.393 e. The lowest BCUT2D eigenvalue weighted by Crippen LogP contribution is -2.51. The third-order valence-electron chi connectivity index (χ3n) is 6.81. The molecule has 3 aromatic heterocycles. The van der Waals surface area contributed by atoms with Gasteiger partial charge in [-0.05, 0) is 43.4 Å². The summed E-state index contributed by atoms with van der Waals surface area (Å²) in [5, 5.41) is 15.4. The molecule has 0 unspecified atom stereocenters. The average Bonchev–Trinajstić information content (AvgIpc) is 3.19. The van der Waals surface area contributed by atoms with Crippen LogP contribution in [0.25, 0.3) is 39.1 Å². The van der Waals surface area contributed by atoms with Crippen LogP contribution < -0.4 is 5.73 Å². The Kier molecular flexibility index (Phi) is 4.37. The van der Waals surface area contributed by atoms with Crippen molar-refractivity contribution in [3.63, 3.8) is 0 Å². The summed E-state index contributed by atoms with van der Waals surface area (Å²) in [5.74, 6) is 0. The van der Waals surface area contributed by atoms with Crippen molar-refractivity contribution >= 4 is 16.7 Å². The molecule has 164 valence electrons. The van der Waals surface area contributed by atoms with Crippen LogP contribution in [0.2, 0.25) is 0 Å². The molecular weight excluding hydrogens is 410 g/mol. The van der Waals surface area contributed by atoms with Crippen LogP contribution in [0.3, 0.4) is 0 Å². The smallest absolute Gasteiger partial charge is 0.165 e. The first-order valence-corrected chi connectivity index (χ1v) is 11.2. The molecule has 0 bridgehead atoms. The van der Waals surface area contributed by atoms with Crippen LogP contribution in [0.5, 0.6) is 0 Å². The number of pyridine rings is 1. The Morgan fingerprint density at radius 2 is 1.73 bits per heavy atom. The highest BCUT2D eigenvalue weighted by Crippen LogP contribution is 2.41. The number of fused-ring (bicyclic) bond motifs is 3. The van der Waals surface area contributed by atoms with E-state index in [-0.39, 0.29) is 6.10 Å². The van der Waals surface area contributed by atoms with Gasteiger partial charge in [-0.3, -0.25) is 0 Å². The number of aryl methyl sites for hydroxylation is 2. The molecule has 2 aromatic carbocycles. The van der Waals surface area contributed by atoms with Crippen LogP contribution in [0.4, 0.5) is 0 Å². The van der Waals surface area contributed by atoms with Crippen molar-refractivity contribution in [1.82, 2.24) is 19.6 Å². The molecule has 0 aliphatic heterocycles. The summed E-state index contributed by atoms with van der Waals surface area (Å²) in [5.41, 5.74) is 14.8. The van der Waals surface area contributed by atoms with Gasteiger partial charge in [-0.25, -0.2) is 9.97 Å². The molecule has 1 aliphatic carbocycles. The van der Waals surface area contributed by atoms with E-state index >= 15 is 0 Å². The van der Waals surface area contributed by atoms with Crippen LogP contribution in [0.1, 0.15) is 29.7 Å². The molecule has 6 heteroatoms. The number of benzene rings is 2. The van der Waals surface area contributed by atoms with E-state index in [1.807, 2.05) is 41.9 Å². The highest BCUT2D eigenvalue weighted by Gasteiger charge is 2.41. The SMILES string of the molecule is Cc1cc2ncc3c(C)c(-c4ccccc4)c(-c4ccc(C5(N)CC(O)C5)cc4)nc3n2n1. The first-order chi connectivity index (χ1) is 15.9. The number of nitrogens with two attached hydrogens (primary N) is 1. The minimum atomic E-state index is -0.447. The van der Waals surface area contributed by atoms with Crippen molar-refractivity contribution in [2.75, 3.05) is 0 Å². The molecule has 0 spiro atoms. The first-order valence-electron chi connectivity index (χ1n) is 11.2. The predicted octanol–water partition coefficient (Wildman–Crippen LogP) is 4.54. The van der Waals surface area contributed by atoms with E-state index in [1.54, 1.807) is 0 Å². The Hall–Kier alpha value is -3.61. The molecule has 5 aromatic rings. The quantitative estimate of drug-likeness (QED) is 0.434. The van der Waals surface area contributed by atoms with Crippen molar-refractivity contribution in [3.05, 3.63) is 83.7 Å². The van der Waals surface area contributed by atoms with Crippen molar-refractivity contribution in [1.29, 1.82) is 0 Å². The van der Waals surface area contributed by atoms with Crippen LogP contribution in [-0.2, 0) is 5.54 Å². The van der Waals surface area contributed by atoms with E-state index in [0.717, 1.165) is 55.9 Å². The first kappa shape index (κ1) is 20.0. The molecule has 6 rings (SSSR count). The van der Waals surface area contributed by atoms with Gasteiger partial charge < -0.3 is 10.8 Å². The van der Waals surface area contributed by atoms with Gasteiger partial charge in [0.2, 0.25) is 0 Å². The lowest BCUT2D eigenvalue weighted by Gasteiger charge is -2.42. The number of aromatic nitrogens is 4. The van der Waals surface area contributed by atoms with Crippen LogP contribution in [-0.4, -0.2) is 30.8 Å². The second-order valence-corrected chi connectivity index (χ2v) is 9.17. The number of rotatable bonds is 3. The van der Waals surface area contributed by atoms with E-state index in [9.17, 15) is 5.11 Å². The minimum Gasteiger partial charge on any atom is -0.393 e. The van der Waals surface area contributed by atoms with Crippen LogP contribution >= 0.6 is 0 Å². The maximum absolute atomic E-state index is 9.76. The van der Waals surface area contributed by atoms with E-state index in [4.69, 9.17) is 10.7 Å².